The molecular weight excluding hydrogens is 392 g/mol. The number of hydrogen-bond donors (Lipinski definition) is 0. The van der Waals surface area contributed by atoms with Crippen LogP contribution in [0.5, 0.6) is 0 Å². The Morgan fingerprint density at radius 2 is 1.00 bits per heavy atom. The molecule has 0 fully saturated rings. The summed E-state index contributed by atoms with van der Waals surface area (Å²) in [4.78, 5) is 12.0. The standard InChI is InChI=1S/C26H52O5/c1-4-7-9-10-11-12-13-14-15-16-18-28-19-20-29-21-22-30-23-24-31-26(27)25(6-3)17-8-5-2/h25H,4-24H2,1-3H3. The first-order valence-corrected chi connectivity index (χ1v) is 13.2. The van der Waals surface area contributed by atoms with Crippen molar-refractivity contribution < 1.29 is 23.7 Å². The minimum Gasteiger partial charge on any atom is -0.463 e. The number of carbonyl (C=O) groups is 1. The van der Waals surface area contributed by atoms with Crippen LogP contribution in [0.2, 0.25) is 0 Å². The third kappa shape index (κ3) is 22.3. The van der Waals surface area contributed by atoms with Crippen LogP contribution in [0.15, 0.2) is 0 Å². The Hall–Kier alpha value is -0.650. The molecule has 0 saturated carbocycles. The van der Waals surface area contributed by atoms with E-state index in [0.29, 0.717) is 39.6 Å². The zero-order chi connectivity index (χ0) is 22.8. The molecule has 1 atom stereocenters. The predicted octanol–water partition coefficient (Wildman–Crippen LogP) is 6.72. The third-order valence-electron chi connectivity index (χ3n) is 5.59. The highest BCUT2D eigenvalue weighted by Gasteiger charge is 2.16. The molecule has 0 rings (SSSR count). The smallest absolute Gasteiger partial charge is 0.308 e. The highest BCUT2D eigenvalue weighted by atomic mass is 16.6. The normalized spacial score (nSPS) is 12.2. The molecule has 0 heterocycles. The van der Waals surface area contributed by atoms with Gasteiger partial charge in [-0.05, 0) is 19.3 Å². The molecule has 0 aliphatic rings. The molecule has 0 spiro atoms. The summed E-state index contributed by atoms with van der Waals surface area (Å²) in [5.41, 5.74) is 0. The maximum Gasteiger partial charge on any atom is 0.308 e. The Balaban J connectivity index is 3.21. The summed E-state index contributed by atoms with van der Waals surface area (Å²) < 4.78 is 21.9. The Kier molecular flexibility index (Phi) is 25.1. The Morgan fingerprint density at radius 1 is 0.548 bits per heavy atom. The average Bonchev–Trinajstić information content (AvgIpc) is 2.78. The second kappa shape index (κ2) is 25.6. The average molecular weight is 445 g/mol. The zero-order valence-corrected chi connectivity index (χ0v) is 21.0. The van der Waals surface area contributed by atoms with Gasteiger partial charge >= 0.3 is 5.97 Å². The Labute approximate surface area is 192 Å². The van der Waals surface area contributed by atoms with Crippen LogP contribution in [0.1, 0.15) is 111 Å². The summed E-state index contributed by atoms with van der Waals surface area (Å²) in [6.45, 7) is 10.3. The van der Waals surface area contributed by atoms with Gasteiger partial charge in [-0.15, -0.1) is 0 Å². The summed E-state index contributed by atoms with van der Waals surface area (Å²) in [5, 5.41) is 0. The first kappa shape index (κ1) is 30.4. The molecule has 0 bridgehead atoms. The van der Waals surface area contributed by atoms with E-state index < -0.39 is 0 Å². The summed E-state index contributed by atoms with van der Waals surface area (Å²) in [7, 11) is 0. The summed E-state index contributed by atoms with van der Waals surface area (Å²) in [6.07, 6.45) is 17.4. The maximum atomic E-state index is 12.0. The van der Waals surface area contributed by atoms with Gasteiger partial charge in [-0.3, -0.25) is 4.79 Å². The molecule has 0 N–H and O–H groups in total. The van der Waals surface area contributed by atoms with Gasteiger partial charge in [0.25, 0.3) is 0 Å². The number of ether oxygens (including phenoxy) is 4. The molecule has 0 aromatic heterocycles. The number of rotatable bonds is 25. The number of esters is 1. The number of carbonyl (C=O) groups excluding carboxylic acids is 1. The predicted molar refractivity (Wildman–Crippen MR) is 129 cm³/mol. The minimum atomic E-state index is -0.0876. The van der Waals surface area contributed by atoms with Crippen LogP contribution in [0.3, 0.4) is 0 Å². The minimum absolute atomic E-state index is 0.0311. The van der Waals surface area contributed by atoms with Crippen molar-refractivity contribution >= 4 is 5.97 Å². The van der Waals surface area contributed by atoms with Gasteiger partial charge in [-0.1, -0.05) is 91.4 Å². The summed E-state index contributed by atoms with van der Waals surface area (Å²) in [6, 6.07) is 0. The van der Waals surface area contributed by atoms with Gasteiger partial charge in [0.15, 0.2) is 0 Å². The molecule has 0 aromatic rings. The van der Waals surface area contributed by atoms with E-state index in [-0.39, 0.29) is 11.9 Å². The lowest BCUT2D eigenvalue weighted by molar-refractivity contribution is -0.150. The van der Waals surface area contributed by atoms with Crippen LogP contribution < -0.4 is 0 Å². The van der Waals surface area contributed by atoms with Crippen molar-refractivity contribution in [1.29, 1.82) is 0 Å². The van der Waals surface area contributed by atoms with Crippen molar-refractivity contribution in [3.63, 3.8) is 0 Å². The van der Waals surface area contributed by atoms with Crippen molar-refractivity contribution in [3.05, 3.63) is 0 Å². The highest BCUT2D eigenvalue weighted by molar-refractivity contribution is 5.72. The van der Waals surface area contributed by atoms with Crippen molar-refractivity contribution in [3.8, 4) is 0 Å². The second-order valence-corrected chi connectivity index (χ2v) is 8.43. The van der Waals surface area contributed by atoms with E-state index in [4.69, 9.17) is 18.9 Å². The van der Waals surface area contributed by atoms with Gasteiger partial charge < -0.3 is 18.9 Å². The Bertz CT molecular complexity index is 362. The van der Waals surface area contributed by atoms with Gasteiger partial charge in [-0.25, -0.2) is 0 Å². The molecule has 0 aliphatic carbocycles. The molecule has 5 nitrogen and oxygen atoms in total. The fourth-order valence-electron chi connectivity index (χ4n) is 3.49. The number of hydrogen-bond acceptors (Lipinski definition) is 5. The summed E-state index contributed by atoms with van der Waals surface area (Å²) in [5.74, 6) is -0.0565. The molecular formula is C26H52O5. The second-order valence-electron chi connectivity index (χ2n) is 8.43. The van der Waals surface area contributed by atoms with Crippen LogP contribution in [-0.2, 0) is 23.7 Å². The fourth-order valence-corrected chi connectivity index (χ4v) is 3.49. The summed E-state index contributed by atoms with van der Waals surface area (Å²) >= 11 is 0. The topological polar surface area (TPSA) is 54.0 Å². The van der Waals surface area contributed by atoms with Crippen molar-refractivity contribution in [2.24, 2.45) is 5.92 Å². The van der Waals surface area contributed by atoms with Gasteiger partial charge in [-0.2, -0.15) is 0 Å². The molecule has 31 heavy (non-hydrogen) atoms. The maximum absolute atomic E-state index is 12.0. The molecule has 186 valence electrons. The molecule has 0 saturated heterocycles. The monoisotopic (exact) mass is 444 g/mol. The van der Waals surface area contributed by atoms with E-state index in [1.165, 1.54) is 57.8 Å². The van der Waals surface area contributed by atoms with E-state index in [9.17, 15) is 4.79 Å². The van der Waals surface area contributed by atoms with E-state index in [0.717, 1.165) is 38.7 Å². The van der Waals surface area contributed by atoms with Crippen LogP contribution in [0, 0.1) is 5.92 Å². The first-order valence-electron chi connectivity index (χ1n) is 13.2. The lowest BCUT2D eigenvalue weighted by atomic mass is 10.00. The van der Waals surface area contributed by atoms with Gasteiger partial charge in [0, 0.05) is 6.61 Å². The van der Waals surface area contributed by atoms with E-state index in [1.807, 2.05) is 6.92 Å². The molecule has 0 radical (unpaired) electrons. The lowest BCUT2D eigenvalue weighted by Gasteiger charge is -2.13. The van der Waals surface area contributed by atoms with E-state index >= 15 is 0 Å². The Morgan fingerprint density at radius 3 is 1.52 bits per heavy atom. The fraction of sp³-hybridized carbons (Fsp3) is 0.962. The van der Waals surface area contributed by atoms with Crippen molar-refractivity contribution in [1.82, 2.24) is 0 Å². The molecule has 0 amide bonds. The van der Waals surface area contributed by atoms with Crippen molar-refractivity contribution in [2.45, 2.75) is 111 Å². The number of unbranched alkanes of at least 4 members (excludes halogenated alkanes) is 10. The lowest BCUT2D eigenvalue weighted by Crippen LogP contribution is -2.20. The highest BCUT2D eigenvalue weighted by Crippen LogP contribution is 2.14. The van der Waals surface area contributed by atoms with Crippen LogP contribution in [-0.4, -0.2) is 52.2 Å². The van der Waals surface area contributed by atoms with E-state index in [2.05, 4.69) is 13.8 Å². The van der Waals surface area contributed by atoms with E-state index in [1.54, 1.807) is 0 Å². The molecule has 0 aliphatic heterocycles. The first-order chi connectivity index (χ1) is 15.3. The molecule has 1 unspecified atom stereocenters. The van der Waals surface area contributed by atoms with Gasteiger partial charge in [0.05, 0.1) is 39.0 Å². The van der Waals surface area contributed by atoms with Crippen LogP contribution in [0.25, 0.3) is 0 Å². The quantitative estimate of drug-likeness (QED) is 0.116. The van der Waals surface area contributed by atoms with Gasteiger partial charge in [0.2, 0.25) is 0 Å². The van der Waals surface area contributed by atoms with Crippen molar-refractivity contribution in [2.75, 3.05) is 46.2 Å². The zero-order valence-electron chi connectivity index (χ0n) is 21.0. The third-order valence-corrected chi connectivity index (χ3v) is 5.59. The molecule has 0 aromatic carbocycles. The largest absolute Gasteiger partial charge is 0.463 e. The molecule has 5 heteroatoms. The van der Waals surface area contributed by atoms with Crippen LogP contribution in [0.4, 0.5) is 0 Å². The SMILES string of the molecule is CCCCCCCCCCCCOCCOCCOCCOC(=O)C(CC)CCCC. The van der Waals surface area contributed by atoms with Crippen LogP contribution >= 0.6 is 0 Å². The van der Waals surface area contributed by atoms with Gasteiger partial charge in [0.1, 0.15) is 6.61 Å².